The lowest BCUT2D eigenvalue weighted by atomic mass is 9.87. The number of imidazole rings is 1. The van der Waals surface area contributed by atoms with Gasteiger partial charge in [0.1, 0.15) is 0 Å². The number of hydrogen-bond donors (Lipinski definition) is 2. The Kier molecular flexibility index (Phi) is 4.55. The van der Waals surface area contributed by atoms with Gasteiger partial charge >= 0.3 is 0 Å². The Balaban J connectivity index is 1.78. The molecule has 1 saturated carbocycles. The average Bonchev–Trinajstić information content (AvgIpc) is 2.83. The number of nitrogens with one attached hydrogen (secondary N) is 2. The fourth-order valence-electron chi connectivity index (χ4n) is 3.25. The Morgan fingerprint density at radius 2 is 2.24 bits per heavy atom. The molecule has 0 bridgehead atoms. The first-order valence-corrected chi connectivity index (χ1v) is 8.90. The van der Waals surface area contributed by atoms with Gasteiger partial charge in [0.25, 0.3) is 0 Å². The molecule has 1 aliphatic carbocycles. The minimum Gasteiger partial charge on any atom is -0.333 e. The number of hydrogen-bond acceptors (Lipinski definition) is 3. The second-order valence-corrected chi connectivity index (χ2v) is 7.53. The van der Waals surface area contributed by atoms with Crippen LogP contribution in [0.1, 0.15) is 38.7 Å². The van der Waals surface area contributed by atoms with Crippen molar-refractivity contribution in [2.45, 2.75) is 56.5 Å². The maximum Gasteiger partial charge on any atom is 0.166 e. The molecule has 0 spiro atoms. The quantitative estimate of drug-likeness (QED) is 0.892. The van der Waals surface area contributed by atoms with Crippen LogP contribution in [0, 0.1) is 12.8 Å². The molecular formula is C17H25N3S. The van der Waals surface area contributed by atoms with Crippen molar-refractivity contribution in [3.8, 4) is 0 Å². The van der Waals surface area contributed by atoms with E-state index < -0.39 is 0 Å². The zero-order chi connectivity index (χ0) is 14.8. The van der Waals surface area contributed by atoms with Crippen LogP contribution in [0.3, 0.4) is 0 Å². The highest BCUT2D eigenvalue weighted by molar-refractivity contribution is 7.99. The highest BCUT2D eigenvalue weighted by atomic mass is 32.2. The lowest BCUT2D eigenvalue weighted by Gasteiger charge is -2.34. The maximum atomic E-state index is 4.75. The first-order valence-electron chi connectivity index (χ1n) is 8.02. The molecule has 1 fully saturated rings. The number of nitrogens with zero attached hydrogens (tertiary/aromatic N) is 1. The van der Waals surface area contributed by atoms with E-state index in [2.05, 4.69) is 49.3 Å². The molecule has 1 heterocycles. The second kappa shape index (κ2) is 6.41. The monoisotopic (exact) mass is 303 g/mol. The van der Waals surface area contributed by atoms with Gasteiger partial charge in [-0.15, -0.1) is 0 Å². The Morgan fingerprint density at radius 1 is 1.38 bits per heavy atom. The maximum absolute atomic E-state index is 4.75. The molecule has 0 amide bonds. The van der Waals surface area contributed by atoms with Crippen LogP contribution in [0.15, 0.2) is 23.4 Å². The van der Waals surface area contributed by atoms with Crippen molar-refractivity contribution in [1.82, 2.24) is 15.3 Å². The molecule has 2 N–H and O–H groups in total. The number of fused-ring (bicyclic) bond motifs is 1. The lowest BCUT2D eigenvalue weighted by molar-refractivity contribution is 0.320. The molecule has 0 aliphatic heterocycles. The van der Waals surface area contributed by atoms with E-state index in [4.69, 9.17) is 4.98 Å². The van der Waals surface area contributed by atoms with Crippen molar-refractivity contribution >= 4 is 22.8 Å². The molecule has 2 aromatic rings. The smallest absolute Gasteiger partial charge is 0.166 e. The van der Waals surface area contributed by atoms with Crippen LogP contribution in [0.25, 0.3) is 11.0 Å². The minimum absolute atomic E-state index is 0.617. The van der Waals surface area contributed by atoms with E-state index in [0.29, 0.717) is 11.3 Å². The van der Waals surface area contributed by atoms with Gasteiger partial charge in [0, 0.05) is 11.3 Å². The molecule has 3 nitrogen and oxygen atoms in total. The van der Waals surface area contributed by atoms with Gasteiger partial charge in [-0.3, -0.25) is 0 Å². The van der Waals surface area contributed by atoms with Crippen molar-refractivity contribution in [1.29, 1.82) is 0 Å². The van der Waals surface area contributed by atoms with Gasteiger partial charge in [0.2, 0.25) is 0 Å². The number of aromatic amines is 1. The molecule has 3 unspecified atom stereocenters. The summed E-state index contributed by atoms with van der Waals surface area (Å²) in [5.74, 6) is 0.823. The molecule has 1 aromatic carbocycles. The summed E-state index contributed by atoms with van der Waals surface area (Å²) < 4.78 is 0. The van der Waals surface area contributed by atoms with Crippen LogP contribution < -0.4 is 5.32 Å². The molecule has 1 aliphatic rings. The normalized spacial score (nSPS) is 26.3. The van der Waals surface area contributed by atoms with Crippen molar-refractivity contribution < 1.29 is 0 Å². The topological polar surface area (TPSA) is 40.7 Å². The molecule has 21 heavy (non-hydrogen) atoms. The summed E-state index contributed by atoms with van der Waals surface area (Å²) in [6.45, 7) is 7.74. The predicted octanol–water partition coefficient (Wildman–Crippen LogP) is 4.13. The molecule has 0 radical (unpaired) electrons. The summed E-state index contributed by atoms with van der Waals surface area (Å²) in [6.07, 6.45) is 3.90. The number of aryl methyl sites for hydroxylation is 1. The van der Waals surface area contributed by atoms with Crippen LogP contribution in [0.4, 0.5) is 0 Å². The molecule has 3 rings (SSSR count). The Labute approximate surface area is 131 Å². The fraction of sp³-hybridized carbons (Fsp3) is 0.588. The number of H-pyrrole nitrogens is 1. The van der Waals surface area contributed by atoms with E-state index in [1.165, 1.54) is 24.8 Å². The largest absolute Gasteiger partial charge is 0.333 e. The van der Waals surface area contributed by atoms with Gasteiger partial charge in [-0.05, 0) is 56.3 Å². The molecular weight excluding hydrogens is 278 g/mol. The SMILES string of the molecule is CCNC1CCC(C)CC1Sc1nc2ccc(C)cc2[nH]1. The van der Waals surface area contributed by atoms with Crippen LogP contribution >= 0.6 is 11.8 Å². The van der Waals surface area contributed by atoms with E-state index in [1.807, 2.05) is 11.8 Å². The number of benzene rings is 1. The van der Waals surface area contributed by atoms with E-state index >= 15 is 0 Å². The molecule has 4 heteroatoms. The first kappa shape index (κ1) is 14.9. The standard InChI is InChI=1S/C17H25N3S/c1-4-18-14-8-6-12(3)10-16(14)21-17-19-13-7-5-11(2)9-15(13)20-17/h5,7,9,12,14,16,18H,4,6,8,10H2,1-3H3,(H,19,20). The van der Waals surface area contributed by atoms with Gasteiger partial charge < -0.3 is 10.3 Å². The van der Waals surface area contributed by atoms with Gasteiger partial charge in [-0.2, -0.15) is 0 Å². The zero-order valence-electron chi connectivity index (χ0n) is 13.1. The van der Waals surface area contributed by atoms with E-state index in [1.54, 1.807) is 0 Å². The molecule has 3 atom stereocenters. The van der Waals surface area contributed by atoms with Crippen molar-refractivity contribution in [2.24, 2.45) is 5.92 Å². The highest BCUT2D eigenvalue weighted by Gasteiger charge is 2.29. The summed E-state index contributed by atoms with van der Waals surface area (Å²) in [5, 5.41) is 5.34. The summed E-state index contributed by atoms with van der Waals surface area (Å²) in [6, 6.07) is 7.03. The van der Waals surface area contributed by atoms with Crippen LogP contribution in [-0.4, -0.2) is 27.8 Å². The van der Waals surface area contributed by atoms with Crippen molar-refractivity contribution in [3.63, 3.8) is 0 Å². The number of rotatable bonds is 4. The van der Waals surface area contributed by atoms with Gasteiger partial charge in [0.05, 0.1) is 11.0 Å². The summed E-state index contributed by atoms with van der Waals surface area (Å²) >= 11 is 1.92. The third-order valence-corrected chi connectivity index (χ3v) is 5.64. The molecule has 1 aromatic heterocycles. The van der Waals surface area contributed by atoms with E-state index in [9.17, 15) is 0 Å². The highest BCUT2D eigenvalue weighted by Crippen LogP contribution is 2.36. The predicted molar refractivity (Wildman–Crippen MR) is 91.0 cm³/mol. The van der Waals surface area contributed by atoms with Gasteiger partial charge in [-0.25, -0.2) is 4.98 Å². The lowest BCUT2D eigenvalue weighted by Crippen LogP contribution is -2.42. The Hall–Kier alpha value is -1.00. The summed E-state index contributed by atoms with van der Waals surface area (Å²) in [5.41, 5.74) is 3.51. The van der Waals surface area contributed by atoms with Crippen LogP contribution in [-0.2, 0) is 0 Å². The zero-order valence-corrected chi connectivity index (χ0v) is 14.0. The van der Waals surface area contributed by atoms with E-state index in [-0.39, 0.29) is 0 Å². The van der Waals surface area contributed by atoms with Crippen LogP contribution in [0.5, 0.6) is 0 Å². The second-order valence-electron chi connectivity index (χ2n) is 6.30. The fourth-order valence-corrected chi connectivity index (χ4v) is 4.68. The molecule has 0 saturated heterocycles. The van der Waals surface area contributed by atoms with Crippen LogP contribution in [0.2, 0.25) is 0 Å². The summed E-state index contributed by atoms with van der Waals surface area (Å²) in [7, 11) is 0. The first-order chi connectivity index (χ1) is 10.2. The summed E-state index contributed by atoms with van der Waals surface area (Å²) in [4.78, 5) is 8.23. The number of thioether (sulfide) groups is 1. The Bertz CT molecular complexity index is 607. The minimum atomic E-state index is 0.617. The number of aromatic nitrogens is 2. The van der Waals surface area contributed by atoms with Crippen molar-refractivity contribution in [2.75, 3.05) is 6.54 Å². The third-order valence-electron chi connectivity index (χ3n) is 4.40. The molecule has 114 valence electrons. The van der Waals surface area contributed by atoms with Crippen molar-refractivity contribution in [3.05, 3.63) is 23.8 Å². The van der Waals surface area contributed by atoms with Gasteiger partial charge in [-0.1, -0.05) is 31.7 Å². The average molecular weight is 303 g/mol. The van der Waals surface area contributed by atoms with Gasteiger partial charge in [0.15, 0.2) is 5.16 Å². The third kappa shape index (κ3) is 3.43. The van der Waals surface area contributed by atoms with E-state index in [0.717, 1.165) is 28.7 Å². The Morgan fingerprint density at radius 3 is 3.05 bits per heavy atom.